The van der Waals surface area contributed by atoms with Crippen LogP contribution in [0.2, 0.25) is 0 Å². The van der Waals surface area contributed by atoms with E-state index in [-0.39, 0.29) is 5.56 Å². The van der Waals surface area contributed by atoms with E-state index < -0.39 is 0 Å². The molecule has 0 bridgehead atoms. The quantitative estimate of drug-likeness (QED) is 0.775. The van der Waals surface area contributed by atoms with Gasteiger partial charge in [-0.15, -0.1) is 0 Å². The predicted molar refractivity (Wildman–Crippen MR) is 85.2 cm³/mol. The number of rotatable bonds is 2. The van der Waals surface area contributed by atoms with E-state index in [4.69, 9.17) is 0 Å². The Morgan fingerprint density at radius 3 is 2.19 bits per heavy atom. The molecule has 3 nitrogen and oxygen atoms in total. The lowest BCUT2D eigenvalue weighted by Crippen LogP contribution is -2.08. The maximum atomic E-state index is 11.9. The summed E-state index contributed by atoms with van der Waals surface area (Å²) >= 11 is 0. The molecule has 2 aromatic carbocycles. The van der Waals surface area contributed by atoms with E-state index in [0.717, 1.165) is 22.3 Å². The summed E-state index contributed by atoms with van der Waals surface area (Å²) < 4.78 is 0. The summed E-state index contributed by atoms with van der Waals surface area (Å²) in [6, 6.07) is 17.4. The number of nitrogens with zero attached hydrogens (tertiary/aromatic N) is 1. The molecule has 1 heterocycles. The van der Waals surface area contributed by atoms with Crippen molar-refractivity contribution in [2.24, 2.45) is 0 Å². The van der Waals surface area contributed by atoms with Gasteiger partial charge >= 0.3 is 0 Å². The van der Waals surface area contributed by atoms with E-state index in [1.807, 2.05) is 56.3 Å². The minimum absolute atomic E-state index is 0.141. The van der Waals surface area contributed by atoms with E-state index in [2.05, 4.69) is 16.0 Å². The Bertz CT molecular complexity index is 815. The molecule has 3 heteroatoms. The van der Waals surface area contributed by atoms with Gasteiger partial charge in [-0.1, -0.05) is 47.5 Å². The largest absolute Gasteiger partial charge is 0.306 e. The number of H-pyrrole nitrogens is 1. The van der Waals surface area contributed by atoms with Crippen LogP contribution < -0.4 is 5.56 Å². The zero-order valence-electron chi connectivity index (χ0n) is 12.1. The first-order valence-corrected chi connectivity index (χ1v) is 6.87. The van der Waals surface area contributed by atoms with Crippen LogP contribution in [0, 0.1) is 13.8 Å². The molecule has 0 aliphatic rings. The van der Waals surface area contributed by atoms with E-state index >= 15 is 0 Å². The van der Waals surface area contributed by atoms with Crippen LogP contribution in [0.3, 0.4) is 0 Å². The standard InChI is InChI=1S/C18H16N2O/c1-12-8-13(2)10-15(9-12)16-11-17(21)20-18(19-16)14-6-4-3-5-7-14/h3-11H,1-2H3,(H,19,20,21). The molecule has 0 saturated carbocycles. The number of aromatic amines is 1. The number of hydrogen-bond donors (Lipinski definition) is 1. The summed E-state index contributed by atoms with van der Waals surface area (Å²) in [5, 5.41) is 0. The number of aryl methyl sites for hydroxylation is 2. The normalized spacial score (nSPS) is 10.6. The highest BCUT2D eigenvalue weighted by Crippen LogP contribution is 2.21. The fourth-order valence-corrected chi connectivity index (χ4v) is 2.46. The number of nitrogens with one attached hydrogen (secondary N) is 1. The van der Waals surface area contributed by atoms with Crippen molar-refractivity contribution in [3.63, 3.8) is 0 Å². The van der Waals surface area contributed by atoms with Crippen molar-refractivity contribution in [3.05, 3.63) is 76.1 Å². The van der Waals surface area contributed by atoms with Crippen LogP contribution >= 0.6 is 0 Å². The van der Waals surface area contributed by atoms with Crippen molar-refractivity contribution in [2.45, 2.75) is 13.8 Å². The molecule has 1 aromatic heterocycles. The second kappa shape index (κ2) is 5.37. The van der Waals surface area contributed by atoms with Gasteiger partial charge in [0.2, 0.25) is 0 Å². The van der Waals surface area contributed by atoms with Gasteiger partial charge in [0, 0.05) is 17.2 Å². The minimum Gasteiger partial charge on any atom is -0.306 e. The molecule has 0 amide bonds. The second-order valence-electron chi connectivity index (χ2n) is 5.22. The Morgan fingerprint density at radius 2 is 1.52 bits per heavy atom. The lowest BCUT2D eigenvalue weighted by Gasteiger charge is -2.07. The first-order chi connectivity index (χ1) is 10.1. The van der Waals surface area contributed by atoms with Crippen molar-refractivity contribution in [1.82, 2.24) is 9.97 Å². The van der Waals surface area contributed by atoms with E-state index in [1.165, 1.54) is 0 Å². The summed E-state index contributed by atoms with van der Waals surface area (Å²) in [6.07, 6.45) is 0. The fraction of sp³-hybridized carbons (Fsp3) is 0.111. The summed E-state index contributed by atoms with van der Waals surface area (Å²) in [6.45, 7) is 4.09. The van der Waals surface area contributed by atoms with Crippen LogP contribution in [0.4, 0.5) is 0 Å². The first kappa shape index (κ1) is 13.3. The van der Waals surface area contributed by atoms with E-state index in [1.54, 1.807) is 6.07 Å². The van der Waals surface area contributed by atoms with Gasteiger partial charge < -0.3 is 4.98 Å². The third kappa shape index (κ3) is 2.92. The Labute approximate surface area is 123 Å². The Kier molecular flexibility index (Phi) is 3.40. The van der Waals surface area contributed by atoms with E-state index in [0.29, 0.717) is 11.5 Å². The zero-order chi connectivity index (χ0) is 14.8. The van der Waals surface area contributed by atoms with Gasteiger partial charge in [0.05, 0.1) is 5.69 Å². The molecule has 21 heavy (non-hydrogen) atoms. The monoisotopic (exact) mass is 276 g/mol. The Morgan fingerprint density at radius 1 is 0.857 bits per heavy atom. The maximum Gasteiger partial charge on any atom is 0.251 e. The maximum absolute atomic E-state index is 11.9. The minimum atomic E-state index is -0.141. The third-order valence-electron chi connectivity index (χ3n) is 3.31. The van der Waals surface area contributed by atoms with Gasteiger partial charge in [-0.3, -0.25) is 4.79 Å². The number of aromatic nitrogens is 2. The Balaban J connectivity index is 2.16. The lowest BCUT2D eigenvalue weighted by atomic mass is 10.0. The molecule has 3 rings (SSSR count). The Hall–Kier alpha value is -2.68. The molecule has 0 saturated heterocycles. The topological polar surface area (TPSA) is 45.8 Å². The summed E-state index contributed by atoms with van der Waals surface area (Å²) in [5.74, 6) is 0.595. The number of benzene rings is 2. The van der Waals surface area contributed by atoms with Crippen LogP contribution in [0.15, 0.2) is 59.4 Å². The van der Waals surface area contributed by atoms with Crippen LogP contribution in [0.5, 0.6) is 0 Å². The molecule has 0 atom stereocenters. The molecule has 0 spiro atoms. The van der Waals surface area contributed by atoms with Gasteiger partial charge in [-0.25, -0.2) is 4.98 Å². The number of hydrogen-bond acceptors (Lipinski definition) is 2. The molecule has 0 fully saturated rings. The van der Waals surface area contributed by atoms with Crippen molar-refractivity contribution in [2.75, 3.05) is 0 Å². The van der Waals surface area contributed by atoms with Gasteiger partial charge in [0.25, 0.3) is 5.56 Å². The average Bonchev–Trinajstić information content (AvgIpc) is 2.46. The molecule has 0 aliphatic heterocycles. The molecule has 0 radical (unpaired) electrons. The molecule has 3 aromatic rings. The highest BCUT2D eigenvalue weighted by Gasteiger charge is 2.06. The van der Waals surface area contributed by atoms with Crippen molar-refractivity contribution in [3.8, 4) is 22.6 Å². The van der Waals surface area contributed by atoms with Crippen molar-refractivity contribution in [1.29, 1.82) is 0 Å². The predicted octanol–water partition coefficient (Wildman–Crippen LogP) is 3.72. The van der Waals surface area contributed by atoms with Crippen LogP contribution in [0.25, 0.3) is 22.6 Å². The average molecular weight is 276 g/mol. The third-order valence-corrected chi connectivity index (χ3v) is 3.31. The van der Waals surface area contributed by atoms with Gasteiger partial charge in [0.15, 0.2) is 0 Å². The zero-order valence-corrected chi connectivity index (χ0v) is 12.1. The highest BCUT2D eigenvalue weighted by atomic mass is 16.1. The SMILES string of the molecule is Cc1cc(C)cc(-c2cc(=O)[nH]c(-c3ccccc3)n2)c1. The van der Waals surface area contributed by atoms with Gasteiger partial charge in [-0.2, -0.15) is 0 Å². The second-order valence-corrected chi connectivity index (χ2v) is 5.22. The van der Waals surface area contributed by atoms with Gasteiger partial charge in [-0.05, 0) is 26.0 Å². The molecule has 1 N–H and O–H groups in total. The highest BCUT2D eigenvalue weighted by molar-refractivity contribution is 5.64. The van der Waals surface area contributed by atoms with Gasteiger partial charge in [0.1, 0.15) is 5.82 Å². The fourth-order valence-electron chi connectivity index (χ4n) is 2.46. The van der Waals surface area contributed by atoms with E-state index in [9.17, 15) is 4.79 Å². The lowest BCUT2D eigenvalue weighted by molar-refractivity contribution is 1.13. The summed E-state index contributed by atoms with van der Waals surface area (Å²) in [7, 11) is 0. The smallest absolute Gasteiger partial charge is 0.251 e. The molecular weight excluding hydrogens is 260 g/mol. The molecule has 0 aliphatic carbocycles. The van der Waals surface area contributed by atoms with Crippen LogP contribution in [0.1, 0.15) is 11.1 Å². The van der Waals surface area contributed by atoms with Crippen molar-refractivity contribution < 1.29 is 0 Å². The summed E-state index contributed by atoms with van der Waals surface area (Å²) in [5.41, 5.74) is 4.75. The first-order valence-electron chi connectivity index (χ1n) is 6.87. The van der Waals surface area contributed by atoms with Crippen LogP contribution in [-0.4, -0.2) is 9.97 Å². The molecule has 0 unspecified atom stereocenters. The summed E-state index contributed by atoms with van der Waals surface area (Å²) in [4.78, 5) is 19.3. The molecular formula is C18H16N2O. The molecule has 104 valence electrons. The van der Waals surface area contributed by atoms with Crippen molar-refractivity contribution >= 4 is 0 Å². The van der Waals surface area contributed by atoms with Crippen LogP contribution in [-0.2, 0) is 0 Å².